The third-order valence-corrected chi connectivity index (χ3v) is 10.1. The van der Waals surface area contributed by atoms with E-state index in [4.69, 9.17) is 4.74 Å². The minimum Gasteiger partial charge on any atom is -0.384 e. The average Bonchev–Trinajstić information content (AvgIpc) is 2.90. The first-order chi connectivity index (χ1) is 17.2. The van der Waals surface area contributed by atoms with Crippen molar-refractivity contribution in [1.82, 2.24) is 0 Å². The third kappa shape index (κ3) is 8.28. The molecule has 0 heterocycles. The quantitative estimate of drug-likeness (QED) is 0.215. The van der Waals surface area contributed by atoms with Crippen molar-refractivity contribution in [2.24, 2.45) is 17.8 Å². The van der Waals surface area contributed by atoms with Crippen molar-refractivity contribution in [2.75, 3.05) is 13.7 Å². The van der Waals surface area contributed by atoms with Gasteiger partial charge in [0, 0.05) is 13.7 Å². The molecule has 2 aliphatic carbocycles. The number of benzene rings is 2. The lowest BCUT2D eigenvalue weighted by molar-refractivity contribution is 0.0968. The maximum absolute atomic E-state index is 14.9. The van der Waals surface area contributed by atoms with Crippen LogP contribution >= 0.6 is 0 Å². The highest BCUT2D eigenvalue weighted by Gasteiger charge is 2.31. The lowest BCUT2D eigenvalue weighted by Gasteiger charge is -2.38. The summed E-state index contributed by atoms with van der Waals surface area (Å²) in [7, 11) is 2.75. The fourth-order valence-corrected chi connectivity index (χ4v) is 7.73. The zero-order chi connectivity index (χ0) is 24.3. The second kappa shape index (κ2) is 14.3. The van der Waals surface area contributed by atoms with Gasteiger partial charge < -0.3 is 4.74 Å². The van der Waals surface area contributed by atoms with E-state index in [0.29, 0.717) is 5.92 Å². The van der Waals surface area contributed by atoms with E-state index in [9.17, 15) is 4.39 Å². The molecule has 0 spiro atoms. The van der Waals surface area contributed by atoms with Gasteiger partial charge in [-0.2, -0.15) is 0 Å². The second-order valence-corrected chi connectivity index (χ2v) is 12.6. The summed E-state index contributed by atoms with van der Waals surface area (Å²) in [6.45, 7) is 0.941. The fourth-order valence-electron chi connectivity index (χ4n) is 6.59. The number of methoxy groups -OCH3 is 1. The summed E-state index contributed by atoms with van der Waals surface area (Å²) in [6, 6.07) is 18.3. The molecule has 2 radical (unpaired) electrons. The van der Waals surface area contributed by atoms with Crippen LogP contribution in [0.4, 0.5) is 4.39 Å². The summed E-state index contributed by atoms with van der Waals surface area (Å²) in [6.07, 6.45) is 16.3. The zero-order valence-corrected chi connectivity index (χ0v) is 22.8. The van der Waals surface area contributed by atoms with Gasteiger partial charge in [0.05, 0.1) is 9.52 Å². The highest BCUT2D eigenvalue weighted by Crippen LogP contribution is 2.44. The standard InChI is InChI=1S/C32H45FOSi/c1-34-24-25-12-14-26(15-13-25)27-16-18-28(19-17-27)30-21-20-29(32(33)23-30)9-5-2-3-8-22-35-31-10-6-4-7-11-31/h4,6-7,10-11,20-21,23,25-28H,2-3,5,8-9,12-19,22,24H2,1H3. The summed E-state index contributed by atoms with van der Waals surface area (Å²) in [5.41, 5.74) is 2.16. The number of halogens is 1. The topological polar surface area (TPSA) is 9.23 Å². The van der Waals surface area contributed by atoms with Crippen LogP contribution in [0.25, 0.3) is 0 Å². The Morgan fingerprint density at radius 1 is 0.800 bits per heavy atom. The second-order valence-electron chi connectivity index (χ2n) is 11.2. The number of unbranched alkanes of at least 4 members (excludes halogenated alkanes) is 3. The van der Waals surface area contributed by atoms with Gasteiger partial charge in [-0.05, 0) is 105 Å². The largest absolute Gasteiger partial charge is 0.384 e. The van der Waals surface area contributed by atoms with Crippen LogP contribution in [0.3, 0.4) is 0 Å². The lowest BCUT2D eigenvalue weighted by Crippen LogP contribution is -2.26. The smallest absolute Gasteiger partial charge is 0.126 e. The highest BCUT2D eigenvalue weighted by atomic mass is 28.2. The van der Waals surface area contributed by atoms with Crippen LogP contribution in [0.1, 0.15) is 94.1 Å². The molecule has 0 unspecified atom stereocenters. The molecule has 0 aromatic heterocycles. The Morgan fingerprint density at radius 3 is 2.17 bits per heavy atom. The first-order valence-electron chi connectivity index (χ1n) is 14.3. The van der Waals surface area contributed by atoms with Crippen LogP contribution in [-0.4, -0.2) is 23.2 Å². The first-order valence-corrected chi connectivity index (χ1v) is 15.5. The van der Waals surface area contributed by atoms with Crippen molar-refractivity contribution in [3.63, 3.8) is 0 Å². The number of hydrogen-bond donors (Lipinski definition) is 0. The molecule has 0 bridgehead atoms. The van der Waals surface area contributed by atoms with Crippen LogP contribution in [0, 0.1) is 23.6 Å². The molecule has 0 aliphatic heterocycles. The molecule has 0 saturated heterocycles. The van der Waals surface area contributed by atoms with Crippen LogP contribution in [0.5, 0.6) is 0 Å². The number of hydrogen-bond acceptors (Lipinski definition) is 1. The van der Waals surface area contributed by atoms with Gasteiger partial charge in [-0.1, -0.05) is 73.0 Å². The minimum atomic E-state index is 0.0339. The van der Waals surface area contributed by atoms with Gasteiger partial charge in [0.2, 0.25) is 0 Å². The molecule has 0 amide bonds. The van der Waals surface area contributed by atoms with E-state index in [2.05, 4.69) is 42.5 Å². The van der Waals surface area contributed by atoms with Crippen molar-refractivity contribution < 1.29 is 9.13 Å². The normalized spacial score (nSPS) is 25.0. The van der Waals surface area contributed by atoms with Gasteiger partial charge in [0.15, 0.2) is 0 Å². The molecule has 0 atom stereocenters. The van der Waals surface area contributed by atoms with E-state index in [0.717, 1.165) is 52.3 Å². The minimum absolute atomic E-state index is 0.0339. The monoisotopic (exact) mass is 492 g/mol. The van der Waals surface area contributed by atoms with Gasteiger partial charge in [-0.3, -0.25) is 0 Å². The summed E-state index contributed by atoms with van der Waals surface area (Å²) in [5.74, 6) is 3.19. The maximum atomic E-state index is 14.9. The Hall–Kier alpha value is -1.45. The zero-order valence-electron chi connectivity index (χ0n) is 21.8. The van der Waals surface area contributed by atoms with Gasteiger partial charge in [0.25, 0.3) is 0 Å². The van der Waals surface area contributed by atoms with Crippen LogP contribution < -0.4 is 5.19 Å². The van der Waals surface area contributed by atoms with E-state index >= 15 is 0 Å². The summed E-state index contributed by atoms with van der Waals surface area (Å²) >= 11 is 0. The van der Waals surface area contributed by atoms with E-state index in [1.807, 2.05) is 13.2 Å². The molecular formula is C32H45FOSi. The number of aryl methyl sites for hydroxylation is 1. The molecule has 190 valence electrons. The molecule has 4 rings (SSSR count). The molecule has 2 aromatic carbocycles. The predicted molar refractivity (Wildman–Crippen MR) is 147 cm³/mol. The fraction of sp³-hybridized carbons (Fsp3) is 0.625. The SMILES string of the molecule is COCC1CCC(C2CCC(c3ccc(CCCCCC[Si]c4ccccc4)c(F)c3)CC2)CC1. The van der Waals surface area contributed by atoms with Crippen molar-refractivity contribution in [3.05, 3.63) is 65.5 Å². The van der Waals surface area contributed by atoms with E-state index in [1.165, 1.54) is 87.4 Å². The van der Waals surface area contributed by atoms with E-state index in [-0.39, 0.29) is 5.82 Å². The van der Waals surface area contributed by atoms with Gasteiger partial charge >= 0.3 is 0 Å². The van der Waals surface area contributed by atoms with Gasteiger partial charge in [-0.25, -0.2) is 4.39 Å². The van der Waals surface area contributed by atoms with E-state index in [1.54, 1.807) is 0 Å². The Morgan fingerprint density at radius 2 is 1.49 bits per heavy atom. The Kier molecular flexibility index (Phi) is 10.9. The molecule has 0 N–H and O–H groups in total. The van der Waals surface area contributed by atoms with Gasteiger partial charge in [0.1, 0.15) is 5.82 Å². The Balaban J connectivity index is 1.12. The molecule has 2 saturated carbocycles. The molecule has 2 aromatic rings. The molecule has 2 fully saturated rings. The predicted octanol–water partition coefficient (Wildman–Crippen LogP) is 8.10. The summed E-state index contributed by atoms with van der Waals surface area (Å²) < 4.78 is 20.2. The van der Waals surface area contributed by atoms with Gasteiger partial charge in [-0.15, -0.1) is 0 Å². The molecule has 2 aliphatic rings. The van der Waals surface area contributed by atoms with Crippen molar-refractivity contribution in [2.45, 2.75) is 95.4 Å². The maximum Gasteiger partial charge on any atom is 0.126 e. The molecule has 35 heavy (non-hydrogen) atoms. The molecule has 1 nitrogen and oxygen atoms in total. The van der Waals surface area contributed by atoms with E-state index < -0.39 is 0 Å². The third-order valence-electron chi connectivity index (χ3n) is 8.76. The first kappa shape index (κ1) is 26.6. The molecular weight excluding hydrogens is 447 g/mol. The van der Waals surface area contributed by atoms with Crippen LogP contribution in [0.15, 0.2) is 48.5 Å². The van der Waals surface area contributed by atoms with Crippen molar-refractivity contribution in [3.8, 4) is 0 Å². The summed E-state index contributed by atoms with van der Waals surface area (Å²) in [4.78, 5) is 0. The Bertz CT molecular complexity index is 853. The van der Waals surface area contributed by atoms with Crippen LogP contribution in [0.2, 0.25) is 6.04 Å². The Labute approximate surface area is 216 Å². The number of ether oxygens (including phenoxy) is 1. The number of rotatable bonds is 12. The van der Waals surface area contributed by atoms with Crippen molar-refractivity contribution >= 4 is 14.7 Å². The van der Waals surface area contributed by atoms with Crippen LogP contribution in [-0.2, 0) is 11.2 Å². The summed E-state index contributed by atoms with van der Waals surface area (Å²) in [5, 5.41) is 1.47. The molecule has 3 heteroatoms. The lowest BCUT2D eigenvalue weighted by atomic mass is 9.68. The van der Waals surface area contributed by atoms with Crippen molar-refractivity contribution in [1.29, 1.82) is 0 Å². The average molecular weight is 493 g/mol. The highest BCUT2D eigenvalue weighted by molar-refractivity contribution is 6.53.